The summed E-state index contributed by atoms with van der Waals surface area (Å²) in [6, 6.07) is 9.61. The molecule has 0 radical (unpaired) electrons. The minimum Gasteiger partial charge on any atom is -0.439 e. The van der Waals surface area contributed by atoms with Crippen molar-refractivity contribution in [3.63, 3.8) is 0 Å². The Labute approximate surface area is 189 Å². The summed E-state index contributed by atoms with van der Waals surface area (Å²) < 4.78 is 5.59. The third kappa shape index (κ3) is 3.68. The molecule has 4 rings (SSSR count). The van der Waals surface area contributed by atoms with E-state index in [1.165, 1.54) is 18.2 Å². The molecular formula is C19H12Cl2N6O5. The second-order valence-corrected chi connectivity index (χ2v) is 7.28. The molecule has 0 aliphatic carbocycles. The Morgan fingerprint density at radius 3 is 2.56 bits per heavy atom. The van der Waals surface area contributed by atoms with Gasteiger partial charge < -0.3 is 4.42 Å². The number of hydrazine groups is 1. The lowest BCUT2D eigenvalue weighted by atomic mass is 9.91. The van der Waals surface area contributed by atoms with Gasteiger partial charge in [-0.2, -0.15) is 5.10 Å². The molecule has 13 heteroatoms. The number of benzene rings is 2. The number of anilines is 1. The number of piperidine rings is 1. The van der Waals surface area contributed by atoms with Gasteiger partial charge in [0.15, 0.2) is 11.5 Å². The van der Waals surface area contributed by atoms with Gasteiger partial charge in [0.1, 0.15) is 11.2 Å². The van der Waals surface area contributed by atoms with Gasteiger partial charge in [-0.1, -0.05) is 35.3 Å². The number of nitrogens with two attached hydrogens (primary N) is 1. The number of ketones is 1. The average molecular weight is 475 g/mol. The fourth-order valence-corrected chi connectivity index (χ4v) is 3.56. The zero-order chi connectivity index (χ0) is 23.0. The van der Waals surface area contributed by atoms with Crippen molar-refractivity contribution in [2.24, 2.45) is 10.9 Å². The van der Waals surface area contributed by atoms with Crippen LogP contribution >= 0.6 is 23.2 Å². The van der Waals surface area contributed by atoms with E-state index < -0.39 is 35.3 Å². The molecule has 1 aliphatic rings. The zero-order valence-electron chi connectivity index (χ0n) is 15.8. The first kappa shape index (κ1) is 21.4. The third-order valence-corrected chi connectivity index (χ3v) is 5.03. The molecule has 32 heavy (non-hydrogen) atoms. The number of nitrogens with zero attached hydrogens (tertiary/aromatic N) is 3. The molecule has 162 valence electrons. The Bertz CT molecular complexity index is 1290. The smallest absolute Gasteiger partial charge is 0.349 e. The van der Waals surface area contributed by atoms with Crippen LogP contribution in [0.4, 0.5) is 10.5 Å². The van der Waals surface area contributed by atoms with Crippen LogP contribution in [-0.2, 0) is 14.4 Å². The van der Waals surface area contributed by atoms with E-state index >= 15 is 0 Å². The molecule has 4 N–H and O–H groups in total. The number of carbonyl (C=O) groups is 4. The Hall–Kier alpha value is -3.80. The predicted molar refractivity (Wildman–Crippen MR) is 114 cm³/mol. The van der Waals surface area contributed by atoms with Crippen molar-refractivity contribution in [3.05, 3.63) is 58.4 Å². The largest absolute Gasteiger partial charge is 0.439 e. The normalized spacial score (nSPS) is 17.8. The highest BCUT2D eigenvalue weighted by molar-refractivity contribution is 6.67. The molecular weight excluding hydrogens is 463 g/mol. The van der Waals surface area contributed by atoms with Gasteiger partial charge in [0.25, 0.3) is 5.91 Å². The fourth-order valence-electron chi connectivity index (χ4n) is 3.07. The molecule has 1 aliphatic heterocycles. The molecule has 3 aromatic rings. The Morgan fingerprint density at radius 2 is 1.88 bits per heavy atom. The van der Waals surface area contributed by atoms with Crippen LogP contribution in [0.3, 0.4) is 0 Å². The fraction of sp³-hybridized carbons (Fsp3) is 0.0526. The predicted octanol–water partition coefficient (Wildman–Crippen LogP) is 1.89. The molecule has 0 bridgehead atoms. The van der Waals surface area contributed by atoms with E-state index in [2.05, 4.69) is 10.1 Å². The maximum atomic E-state index is 13.3. The maximum absolute atomic E-state index is 13.3. The number of nitrogens with one attached hydrogen (secondary N) is 2. The minimum atomic E-state index is -1.61. The van der Waals surface area contributed by atoms with Crippen molar-refractivity contribution in [1.29, 1.82) is 0 Å². The number of para-hydroxylation sites is 2. The summed E-state index contributed by atoms with van der Waals surface area (Å²) in [6.07, 6.45) is 0. The highest BCUT2D eigenvalue weighted by atomic mass is 35.5. The number of hydrogen-bond donors (Lipinski definition) is 3. The Kier molecular flexibility index (Phi) is 5.61. The number of amides is 4. The van der Waals surface area contributed by atoms with Gasteiger partial charge in [-0.05, 0) is 30.3 Å². The molecule has 0 spiro atoms. The molecule has 1 atom stereocenters. The quantitative estimate of drug-likeness (QED) is 0.171. The first-order valence-electron chi connectivity index (χ1n) is 8.89. The molecule has 11 nitrogen and oxygen atoms in total. The van der Waals surface area contributed by atoms with Gasteiger partial charge in [0.05, 0.1) is 10.7 Å². The monoisotopic (exact) mass is 474 g/mol. The standard InChI is InChI=1S/C19H12Cl2N6O5/c20-8-5-6-11(9(21)7-8)27-17(29)14(25-26-19(31)24-22)13(15(28)18(27)30)16-23-10-3-1-2-4-12(10)32-16/h1-7,13H,22H2,(H2,24,26,31)/b25-14-/t13-/m1/s1. The summed E-state index contributed by atoms with van der Waals surface area (Å²) in [5.41, 5.74) is 3.84. The van der Waals surface area contributed by atoms with Crippen LogP contribution in [0.2, 0.25) is 10.0 Å². The second kappa shape index (κ2) is 8.38. The van der Waals surface area contributed by atoms with Gasteiger partial charge >= 0.3 is 11.9 Å². The molecule has 1 saturated heterocycles. The molecule has 1 fully saturated rings. The van der Waals surface area contributed by atoms with Crippen LogP contribution in [0.15, 0.2) is 52.0 Å². The molecule has 0 unspecified atom stereocenters. The number of rotatable bonds is 3. The van der Waals surface area contributed by atoms with Crippen LogP contribution < -0.4 is 21.6 Å². The summed E-state index contributed by atoms with van der Waals surface area (Å²) in [5.74, 6) is -0.123. The summed E-state index contributed by atoms with van der Waals surface area (Å²) in [6.45, 7) is 0. The number of urea groups is 1. The van der Waals surface area contributed by atoms with E-state index in [4.69, 9.17) is 33.5 Å². The van der Waals surface area contributed by atoms with E-state index in [1.807, 2.05) is 5.43 Å². The lowest BCUT2D eigenvalue weighted by Crippen LogP contribution is -2.55. The first-order valence-corrected chi connectivity index (χ1v) is 9.64. The third-order valence-electron chi connectivity index (χ3n) is 4.49. The molecule has 1 aromatic heterocycles. The molecule has 2 heterocycles. The van der Waals surface area contributed by atoms with E-state index in [0.717, 1.165) is 0 Å². The van der Waals surface area contributed by atoms with Crippen molar-refractivity contribution in [3.8, 4) is 0 Å². The lowest BCUT2D eigenvalue weighted by Gasteiger charge is -2.29. The topological polar surface area (TPSA) is 160 Å². The van der Waals surface area contributed by atoms with Crippen LogP contribution in [-0.4, -0.2) is 34.3 Å². The van der Waals surface area contributed by atoms with Crippen LogP contribution in [0.25, 0.3) is 11.1 Å². The minimum absolute atomic E-state index is 0.0562. The van der Waals surface area contributed by atoms with Crippen molar-refractivity contribution in [1.82, 2.24) is 15.8 Å². The number of aromatic nitrogens is 1. The van der Waals surface area contributed by atoms with Gasteiger partial charge in [-0.15, -0.1) is 0 Å². The Balaban J connectivity index is 1.85. The van der Waals surface area contributed by atoms with Gasteiger partial charge in [-0.3, -0.25) is 19.8 Å². The first-order chi connectivity index (χ1) is 15.3. The summed E-state index contributed by atoms with van der Waals surface area (Å²) in [7, 11) is 0. The number of Topliss-reactive ketones (excluding diaryl/α,β-unsaturated/α-hetero) is 1. The number of fused-ring (bicyclic) bond motifs is 1. The van der Waals surface area contributed by atoms with Crippen LogP contribution in [0, 0.1) is 0 Å². The van der Waals surface area contributed by atoms with E-state index in [-0.39, 0.29) is 21.6 Å². The highest BCUT2D eigenvalue weighted by Crippen LogP contribution is 2.34. The van der Waals surface area contributed by atoms with Gasteiger partial charge in [-0.25, -0.2) is 25.9 Å². The maximum Gasteiger partial charge on any atom is 0.349 e. The highest BCUT2D eigenvalue weighted by Gasteiger charge is 2.50. The van der Waals surface area contributed by atoms with Gasteiger partial charge in [0, 0.05) is 5.02 Å². The number of oxazole rings is 1. The number of halogens is 2. The van der Waals surface area contributed by atoms with Gasteiger partial charge in [0.2, 0.25) is 11.7 Å². The van der Waals surface area contributed by atoms with Crippen LogP contribution in [0.5, 0.6) is 0 Å². The summed E-state index contributed by atoms with van der Waals surface area (Å²) in [5, 5.41) is 3.91. The van der Waals surface area contributed by atoms with Crippen LogP contribution in [0.1, 0.15) is 11.8 Å². The van der Waals surface area contributed by atoms with Crippen molar-refractivity contribution in [2.45, 2.75) is 5.92 Å². The SMILES string of the molecule is NNC(=O)N/N=C1\C(=O)N(c2ccc(Cl)cc2Cl)C(=O)C(=O)[C@@H]1c1nc2ccccc2o1. The van der Waals surface area contributed by atoms with E-state index in [0.29, 0.717) is 16.0 Å². The molecule has 0 saturated carbocycles. The lowest BCUT2D eigenvalue weighted by molar-refractivity contribution is -0.139. The average Bonchev–Trinajstić information content (AvgIpc) is 3.20. The Morgan fingerprint density at radius 1 is 1.12 bits per heavy atom. The zero-order valence-corrected chi connectivity index (χ0v) is 17.3. The van der Waals surface area contributed by atoms with E-state index in [9.17, 15) is 19.2 Å². The van der Waals surface area contributed by atoms with E-state index in [1.54, 1.807) is 29.7 Å². The number of imide groups is 1. The van der Waals surface area contributed by atoms with Crippen molar-refractivity contribution < 1.29 is 23.6 Å². The second-order valence-electron chi connectivity index (χ2n) is 6.44. The van der Waals surface area contributed by atoms with Crippen molar-refractivity contribution >= 4 is 69.3 Å². The summed E-state index contributed by atoms with van der Waals surface area (Å²) >= 11 is 12.0. The molecule has 2 aromatic carbocycles. The number of hydrazone groups is 1. The molecule has 4 amide bonds. The number of hydrogen-bond acceptors (Lipinski definition) is 8. The van der Waals surface area contributed by atoms with Crippen molar-refractivity contribution in [2.75, 3.05) is 4.90 Å². The summed E-state index contributed by atoms with van der Waals surface area (Å²) in [4.78, 5) is 55.6. The number of carbonyl (C=O) groups excluding carboxylic acids is 4.